The molecule has 17 heavy (non-hydrogen) atoms. The number of hydrogen-bond acceptors (Lipinski definition) is 4. The predicted octanol–water partition coefficient (Wildman–Crippen LogP) is 0.450. The van der Waals surface area contributed by atoms with Crippen molar-refractivity contribution in [2.24, 2.45) is 5.73 Å². The normalized spacial score (nSPS) is 17.2. The third kappa shape index (κ3) is 2.61. The van der Waals surface area contributed by atoms with Crippen LogP contribution in [0.5, 0.6) is 0 Å². The average Bonchev–Trinajstić information content (AvgIpc) is 2.39. The van der Waals surface area contributed by atoms with Crippen molar-refractivity contribution in [2.75, 3.05) is 19.6 Å². The molecule has 0 radical (unpaired) electrons. The van der Waals surface area contributed by atoms with Gasteiger partial charge >= 0.3 is 0 Å². The Morgan fingerprint density at radius 2 is 2.24 bits per heavy atom. The van der Waals surface area contributed by atoms with Gasteiger partial charge in [-0.1, -0.05) is 0 Å². The number of nitrogens with zero attached hydrogens (tertiary/aromatic N) is 3. The third-order valence-corrected chi connectivity index (χ3v) is 3.34. The summed E-state index contributed by atoms with van der Waals surface area (Å²) >= 11 is 0. The van der Waals surface area contributed by atoms with Crippen LogP contribution >= 0.6 is 0 Å². The predicted molar refractivity (Wildman–Crippen MR) is 64.4 cm³/mol. The molecule has 1 aliphatic heterocycles. The molecule has 5 heteroatoms. The van der Waals surface area contributed by atoms with Crippen LogP contribution in [-0.2, 0) is 4.79 Å². The summed E-state index contributed by atoms with van der Waals surface area (Å²) in [6.45, 7) is 3.71. The summed E-state index contributed by atoms with van der Waals surface area (Å²) in [7, 11) is 0. The quantitative estimate of drug-likeness (QED) is 0.806. The molecule has 0 spiro atoms. The number of aromatic nitrogens is 2. The van der Waals surface area contributed by atoms with E-state index in [9.17, 15) is 4.79 Å². The zero-order valence-corrected chi connectivity index (χ0v) is 10.1. The van der Waals surface area contributed by atoms with E-state index in [1.165, 1.54) is 0 Å². The SMILES string of the molecule is Cc1cncnc1C1CCN(C(=O)CN)CC1. The molecule has 1 amide bonds. The fourth-order valence-electron chi connectivity index (χ4n) is 2.37. The molecule has 1 aliphatic rings. The van der Waals surface area contributed by atoms with Gasteiger partial charge in [0.05, 0.1) is 6.54 Å². The highest BCUT2D eigenvalue weighted by molar-refractivity contribution is 5.78. The van der Waals surface area contributed by atoms with Gasteiger partial charge in [0, 0.05) is 30.9 Å². The van der Waals surface area contributed by atoms with E-state index in [1.807, 2.05) is 18.0 Å². The van der Waals surface area contributed by atoms with Gasteiger partial charge in [-0.05, 0) is 25.3 Å². The second-order valence-corrected chi connectivity index (χ2v) is 4.45. The first-order valence-corrected chi connectivity index (χ1v) is 5.96. The lowest BCUT2D eigenvalue weighted by Gasteiger charge is -2.31. The van der Waals surface area contributed by atoms with E-state index < -0.39 is 0 Å². The van der Waals surface area contributed by atoms with Crippen LogP contribution in [0.4, 0.5) is 0 Å². The lowest BCUT2D eigenvalue weighted by atomic mass is 9.91. The van der Waals surface area contributed by atoms with Crippen molar-refractivity contribution in [3.8, 4) is 0 Å². The van der Waals surface area contributed by atoms with Crippen molar-refractivity contribution >= 4 is 5.91 Å². The van der Waals surface area contributed by atoms with E-state index in [1.54, 1.807) is 6.33 Å². The van der Waals surface area contributed by atoms with Crippen LogP contribution in [0.2, 0.25) is 0 Å². The van der Waals surface area contributed by atoms with Gasteiger partial charge in [0.1, 0.15) is 6.33 Å². The second kappa shape index (κ2) is 5.23. The lowest BCUT2D eigenvalue weighted by molar-refractivity contribution is -0.130. The highest BCUT2D eigenvalue weighted by Gasteiger charge is 2.24. The van der Waals surface area contributed by atoms with Crippen LogP contribution < -0.4 is 5.73 Å². The van der Waals surface area contributed by atoms with E-state index in [4.69, 9.17) is 5.73 Å². The molecule has 1 saturated heterocycles. The number of piperidine rings is 1. The van der Waals surface area contributed by atoms with Crippen molar-refractivity contribution < 1.29 is 4.79 Å². The highest BCUT2D eigenvalue weighted by Crippen LogP contribution is 2.27. The molecule has 0 unspecified atom stereocenters. The van der Waals surface area contributed by atoms with Crippen LogP contribution in [0.1, 0.15) is 30.0 Å². The van der Waals surface area contributed by atoms with Gasteiger partial charge in [0.2, 0.25) is 5.91 Å². The number of nitrogens with two attached hydrogens (primary N) is 1. The molecular weight excluding hydrogens is 216 g/mol. The molecule has 5 nitrogen and oxygen atoms in total. The molecule has 1 aromatic heterocycles. The summed E-state index contributed by atoms with van der Waals surface area (Å²) < 4.78 is 0. The Labute approximate surface area is 101 Å². The van der Waals surface area contributed by atoms with Crippen LogP contribution in [0.25, 0.3) is 0 Å². The van der Waals surface area contributed by atoms with E-state index in [-0.39, 0.29) is 12.5 Å². The Morgan fingerprint density at radius 3 is 2.82 bits per heavy atom. The lowest BCUT2D eigenvalue weighted by Crippen LogP contribution is -2.41. The van der Waals surface area contributed by atoms with Gasteiger partial charge in [-0.15, -0.1) is 0 Å². The molecule has 2 rings (SSSR count). The zero-order valence-electron chi connectivity index (χ0n) is 10.1. The number of hydrogen-bond donors (Lipinski definition) is 1. The standard InChI is InChI=1S/C12H18N4O/c1-9-7-14-8-15-12(9)10-2-4-16(5-3-10)11(17)6-13/h7-8,10H,2-6,13H2,1H3. The van der Waals surface area contributed by atoms with Crippen LogP contribution in [0.15, 0.2) is 12.5 Å². The van der Waals surface area contributed by atoms with Crippen molar-refractivity contribution in [3.63, 3.8) is 0 Å². The summed E-state index contributed by atoms with van der Waals surface area (Å²) in [5.74, 6) is 0.489. The number of amides is 1. The molecule has 2 heterocycles. The summed E-state index contributed by atoms with van der Waals surface area (Å²) in [5.41, 5.74) is 7.62. The highest BCUT2D eigenvalue weighted by atomic mass is 16.2. The summed E-state index contributed by atoms with van der Waals surface area (Å²) in [6, 6.07) is 0. The minimum Gasteiger partial charge on any atom is -0.342 e. The maximum Gasteiger partial charge on any atom is 0.236 e. The maximum absolute atomic E-state index is 11.5. The van der Waals surface area contributed by atoms with Crippen molar-refractivity contribution in [1.82, 2.24) is 14.9 Å². The molecule has 92 valence electrons. The summed E-state index contributed by atoms with van der Waals surface area (Å²) in [5, 5.41) is 0. The smallest absolute Gasteiger partial charge is 0.236 e. The molecule has 0 aromatic carbocycles. The first-order valence-electron chi connectivity index (χ1n) is 5.96. The topological polar surface area (TPSA) is 72.1 Å². The van der Waals surface area contributed by atoms with Gasteiger partial charge in [0.15, 0.2) is 0 Å². The van der Waals surface area contributed by atoms with E-state index in [0.717, 1.165) is 37.2 Å². The van der Waals surface area contributed by atoms with E-state index >= 15 is 0 Å². The second-order valence-electron chi connectivity index (χ2n) is 4.45. The molecule has 1 fully saturated rings. The first-order chi connectivity index (χ1) is 8.22. The first kappa shape index (κ1) is 12.0. The fraction of sp³-hybridized carbons (Fsp3) is 0.583. The molecule has 2 N–H and O–H groups in total. The van der Waals surface area contributed by atoms with Gasteiger partial charge in [-0.3, -0.25) is 4.79 Å². The molecule has 1 aromatic rings. The summed E-state index contributed by atoms with van der Waals surface area (Å²) in [6.07, 6.45) is 5.37. The number of carbonyl (C=O) groups excluding carboxylic acids is 1. The van der Waals surface area contributed by atoms with Crippen LogP contribution in [-0.4, -0.2) is 40.4 Å². The number of likely N-dealkylation sites (tertiary alicyclic amines) is 1. The van der Waals surface area contributed by atoms with Crippen molar-refractivity contribution in [3.05, 3.63) is 23.8 Å². The van der Waals surface area contributed by atoms with Gasteiger partial charge in [0.25, 0.3) is 0 Å². The molecule has 0 saturated carbocycles. The zero-order chi connectivity index (χ0) is 12.3. The minimum atomic E-state index is 0.0443. The Hall–Kier alpha value is -1.49. The Morgan fingerprint density at radius 1 is 1.53 bits per heavy atom. The average molecular weight is 234 g/mol. The van der Waals surface area contributed by atoms with Gasteiger partial charge < -0.3 is 10.6 Å². The Balaban J connectivity index is 2.00. The molecule has 0 atom stereocenters. The monoisotopic (exact) mass is 234 g/mol. The minimum absolute atomic E-state index is 0.0443. The Kier molecular flexibility index (Phi) is 3.68. The summed E-state index contributed by atoms with van der Waals surface area (Å²) in [4.78, 5) is 21.6. The van der Waals surface area contributed by atoms with Gasteiger partial charge in [-0.25, -0.2) is 9.97 Å². The third-order valence-electron chi connectivity index (χ3n) is 3.34. The number of carbonyl (C=O) groups is 1. The number of rotatable bonds is 2. The fourth-order valence-corrected chi connectivity index (χ4v) is 2.37. The molecular formula is C12H18N4O. The van der Waals surface area contributed by atoms with E-state index in [0.29, 0.717) is 5.92 Å². The Bertz CT molecular complexity index is 399. The molecule has 0 bridgehead atoms. The maximum atomic E-state index is 11.5. The van der Waals surface area contributed by atoms with Crippen LogP contribution in [0, 0.1) is 6.92 Å². The number of aryl methyl sites for hydroxylation is 1. The molecule has 0 aliphatic carbocycles. The van der Waals surface area contributed by atoms with Crippen LogP contribution in [0.3, 0.4) is 0 Å². The van der Waals surface area contributed by atoms with E-state index in [2.05, 4.69) is 9.97 Å². The van der Waals surface area contributed by atoms with Crippen molar-refractivity contribution in [2.45, 2.75) is 25.7 Å². The van der Waals surface area contributed by atoms with Gasteiger partial charge in [-0.2, -0.15) is 0 Å². The largest absolute Gasteiger partial charge is 0.342 e. The van der Waals surface area contributed by atoms with Crippen molar-refractivity contribution in [1.29, 1.82) is 0 Å².